The van der Waals surface area contributed by atoms with E-state index in [-0.39, 0.29) is 11.6 Å². The molecule has 118 valence electrons. The van der Waals surface area contributed by atoms with Gasteiger partial charge in [-0.2, -0.15) is 0 Å². The van der Waals surface area contributed by atoms with Gasteiger partial charge in [0.2, 0.25) is 0 Å². The zero-order valence-corrected chi connectivity index (χ0v) is 14.3. The molecule has 1 amide bonds. The van der Waals surface area contributed by atoms with E-state index in [0.717, 1.165) is 10.4 Å². The van der Waals surface area contributed by atoms with Gasteiger partial charge in [0.25, 0.3) is 5.91 Å². The van der Waals surface area contributed by atoms with Crippen LogP contribution in [0.3, 0.4) is 0 Å². The lowest BCUT2D eigenvalue weighted by molar-refractivity contribution is 0.101. The van der Waals surface area contributed by atoms with Crippen molar-refractivity contribution in [3.8, 4) is 0 Å². The van der Waals surface area contributed by atoms with Gasteiger partial charge in [0.15, 0.2) is 10.8 Å². The Hall–Kier alpha value is -1.89. The Kier molecular flexibility index (Phi) is 4.66. The highest BCUT2D eigenvalue weighted by molar-refractivity contribution is 7.15. The van der Waals surface area contributed by atoms with E-state index in [1.807, 2.05) is 12.1 Å². The molecule has 0 radical (unpaired) electrons. The third kappa shape index (κ3) is 3.72. The molecule has 0 spiro atoms. The Morgan fingerprint density at radius 3 is 2.96 bits per heavy atom. The summed E-state index contributed by atoms with van der Waals surface area (Å²) in [5.74, 6) is 0.217. The first-order valence-corrected chi connectivity index (χ1v) is 8.22. The fourth-order valence-electron chi connectivity index (χ4n) is 1.95. The Bertz CT molecular complexity index is 860. The van der Waals surface area contributed by atoms with Gasteiger partial charge >= 0.3 is 0 Å². The number of aryl methyl sites for hydroxylation is 1. The van der Waals surface area contributed by atoms with Crippen molar-refractivity contribution >= 4 is 45.6 Å². The first kappa shape index (κ1) is 16.0. The maximum Gasteiger partial charge on any atom is 0.279 e. The van der Waals surface area contributed by atoms with Crippen LogP contribution in [-0.2, 0) is 6.42 Å². The van der Waals surface area contributed by atoms with Gasteiger partial charge in [-0.05, 0) is 18.6 Å². The smallest absolute Gasteiger partial charge is 0.279 e. The molecule has 3 rings (SSSR count). The molecule has 2 heterocycles. The molecular formula is C15H11Cl2N3O2S. The number of benzene rings is 1. The molecule has 0 aliphatic carbocycles. The molecule has 0 aliphatic rings. The van der Waals surface area contributed by atoms with Gasteiger partial charge in [0.1, 0.15) is 5.76 Å². The molecular weight excluding hydrogens is 357 g/mol. The third-order valence-corrected chi connectivity index (χ3v) is 4.80. The molecule has 0 aliphatic heterocycles. The number of aromatic nitrogens is 2. The molecule has 0 saturated heterocycles. The first-order chi connectivity index (χ1) is 11.0. The molecule has 0 fully saturated rings. The predicted molar refractivity (Wildman–Crippen MR) is 90.6 cm³/mol. The van der Waals surface area contributed by atoms with Gasteiger partial charge in [-0.25, -0.2) is 4.98 Å². The van der Waals surface area contributed by atoms with Crippen molar-refractivity contribution in [1.82, 2.24) is 10.1 Å². The van der Waals surface area contributed by atoms with Gasteiger partial charge in [-0.1, -0.05) is 40.5 Å². The van der Waals surface area contributed by atoms with Crippen LogP contribution in [0.15, 0.2) is 35.0 Å². The second-order valence-corrected chi connectivity index (χ2v) is 6.70. The Balaban J connectivity index is 1.71. The summed E-state index contributed by atoms with van der Waals surface area (Å²) >= 11 is 13.6. The van der Waals surface area contributed by atoms with Crippen LogP contribution in [0.4, 0.5) is 5.13 Å². The number of rotatable bonds is 4. The molecule has 0 unspecified atom stereocenters. The second kappa shape index (κ2) is 6.70. The number of thiazole rings is 1. The Morgan fingerprint density at radius 2 is 2.22 bits per heavy atom. The SMILES string of the molecule is Cc1cc(C(=O)Nc2ncc(Cc3cccc(Cl)c3Cl)s2)no1. The van der Waals surface area contributed by atoms with Crippen LogP contribution in [0.25, 0.3) is 0 Å². The van der Waals surface area contributed by atoms with Crippen molar-refractivity contribution in [1.29, 1.82) is 0 Å². The molecule has 23 heavy (non-hydrogen) atoms. The van der Waals surface area contributed by atoms with E-state index in [9.17, 15) is 4.79 Å². The van der Waals surface area contributed by atoms with Crippen LogP contribution in [0, 0.1) is 6.92 Å². The normalized spacial score (nSPS) is 10.7. The minimum Gasteiger partial charge on any atom is -0.361 e. The monoisotopic (exact) mass is 367 g/mol. The largest absolute Gasteiger partial charge is 0.361 e. The van der Waals surface area contributed by atoms with Crippen molar-refractivity contribution in [3.63, 3.8) is 0 Å². The lowest BCUT2D eigenvalue weighted by Crippen LogP contribution is -2.11. The maximum atomic E-state index is 12.0. The van der Waals surface area contributed by atoms with E-state index >= 15 is 0 Å². The van der Waals surface area contributed by atoms with Gasteiger partial charge in [-0.3, -0.25) is 10.1 Å². The number of carbonyl (C=O) groups excluding carboxylic acids is 1. The van der Waals surface area contributed by atoms with Crippen LogP contribution in [0.1, 0.15) is 26.7 Å². The summed E-state index contributed by atoms with van der Waals surface area (Å²) in [7, 11) is 0. The van der Waals surface area contributed by atoms with Crippen molar-refractivity contribution in [2.75, 3.05) is 5.32 Å². The average Bonchev–Trinajstić information content (AvgIpc) is 3.13. The first-order valence-electron chi connectivity index (χ1n) is 6.65. The lowest BCUT2D eigenvalue weighted by Gasteiger charge is -2.03. The van der Waals surface area contributed by atoms with E-state index in [1.54, 1.807) is 25.3 Å². The number of anilines is 1. The van der Waals surface area contributed by atoms with Gasteiger partial charge in [0.05, 0.1) is 10.0 Å². The number of nitrogens with one attached hydrogen (secondary N) is 1. The average molecular weight is 368 g/mol. The number of hydrogen-bond acceptors (Lipinski definition) is 5. The Morgan fingerprint density at radius 1 is 1.39 bits per heavy atom. The summed E-state index contributed by atoms with van der Waals surface area (Å²) in [4.78, 5) is 17.1. The van der Waals surface area contributed by atoms with E-state index in [1.165, 1.54) is 11.3 Å². The third-order valence-electron chi connectivity index (χ3n) is 3.03. The minimum absolute atomic E-state index is 0.220. The molecule has 3 aromatic rings. The van der Waals surface area contributed by atoms with Crippen molar-refractivity contribution in [2.45, 2.75) is 13.3 Å². The molecule has 0 bridgehead atoms. The van der Waals surface area contributed by atoms with Gasteiger partial charge in [0, 0.05) is 23.6 Å². The molecule has 0 saturated carbocycles. The number of nitrogens with zero attached hydrogens (tertiary/aromatic N) is 2. The summed E-state index contributed by atoms with van der Waals surface area (Å²) in [5.41, 5.74) is 1.13. The summed E-state index contributed by atoms with van der Waals surface area (Å²) in [6.45, 7) is 1.72. The quantitative estimate of drug-likeness (QED) is 0.731. The second-order valence-electron chi connectivity index (χ2n) is 4.80. The Labute approximate surface area is 146 Å². The summed E-state index contributed by atoms with van der Waals surface area (Å²) in [5, 5.41) is 7.90. The minimum atomic E-state index is -0.358. The predicted octanol–water partition coefficient (Wildman–Crippen LogP) is 4.59. The van der Waals surface area contributed by atoms with Crippen LogP contribution < -0.4 is 5.32 Å². The molecule has 1 aromatic carbocycles. The fraction of sp³-hybridized carbons (Fsp3) is 0.133. The highest BCUT2D eigenvalue weighted by atomic mass is 35.5. The number of hydrogen-bond donors (Lipinski definition) is 1. The van der Waals surface area contributed by atoms with Crippen LogP contribution in [-0.4, -0.2) is 16.0 Å². The number of amides is 1. The molecule has 1 N–H and O–H groups in total. The standard InChI is InChI=1S/C15H11Cl2N3O2S/c1-8-5-12(20-22-8)14(21)19-15-18-7-10(23-15)6-9-3-2-4-11(16)13(9)17/h2-5,7H,6H2,1H3,(H,18,19,21). The molecule has 0 atom stereocenters. The highest BCUT2D eigenvalue weighted by Gasteiger charge is 2.14. The van der Waals surface area contributed by atoms with Gasteiger partial charge < -0.3 is 4.52 Å². The molecule has 5 nitrogen and oxygen atoms in total. The summed E-state index contributed by atoms with van der Waals surface area (Å²) < 4.78 is 4.88. The fourth-order valence-corrected chi connectivity index (χ4v) is 3.17. The molecule has 8 heteroatoms. The number of carbonyl (C=O) groups is 1. The van der Waals surface area contributed by atoms with Crippen molar-refractivity contribution in [3.05, 3.63) is 62.4 Å². The van der Waals surface area contributed by atoms with E-state index in [2.05, 4.69) is 15.5 Å². The van der Waals surface area contributed by atoms with E-state index in [0.29, 0.717) is 27.4 Å². The summed E-state index contributed by atoms with van der Waals surface area (Å²) in [6, 6.07) is 7.06. The highest BCUT2D eigenvalue weighted by Crippen LogP contribution is 2.29. The van der Waals surface area contributed by atoms with Crippen LogP contribution in [0.5, 0.6) is 0 Å². The van der Waals surface area contributed by atoms with E-state index in [4.69, 9.17) is 27.7 Å². The van der Waals surface area contributed by atoms with Crippen LogP contribution in [0.2, 0.25) is 10.0 Å². The number of halogens is 2. The van der Waals surface area contributed by atoms with Crippen molar-refractivity contribution in [2.24, 2.45) is 0 Å². The lowest BCUT2D eigenvalue weighted by atomic mass is 10.1. The van der Waals surface area contributed by atoms with E-state index < -0.39 is 0 Å². The summed E-state index contributed by atoms with van der Waals surface area (Å²) in [6.07, 6.45) is 2.29. The topological polar surface area (TPSA) is 68.0 Å². The van der Waals surface area contributed by atoms with Gasteiger partial charge in [-0.15, -0.1) is 11.3 Å². The van der Waals surface area contributed by atoms with Crippen molar-refractivity contribution < 1.29 is 9.32 Å². The zero-order chi connectivity index (χ0) is 16.4. The maximum absolute atomic E-state index is 12.0. The zero-order valence-electron chi connectivity index (χ0n) is 12.0. The molecule has 2 aromatic heterocycles. The van der Waals surface area contributed by atoms with Crippen LogP contribution >= 0.6 is 34.5 Å².